The Bertz CT molecular complexity index is 778. The molecule has 0 bridgehead atoms. The van der Waals surface area contributed by atoms with E-state index in [0.29, 0.717) is 27.8 Å². The number of hydrazone groups is 1. The molecule has 0 saturated carbocycles. The van der Waals surface area contributed by atoms with Crippen molar-refractivity contribution in [2.45, 2.75) is 6.92 Å². The van der Waals surface area contributed by atoms with Crippen LogP contribution in [0.3, 0.4) is 0 Å². The molecule has 0 spiro atoms. The highest BCUT2D eigenvalue weighted by Crippen LogP contribution is 2.35. The number of rotatable bonds is 7. The van der Waals surface area contributed by atoms with Crippen molar-refractivity contribution in [3.63, 3.8) is 0 Å². The molecule has 0 aromatic heterocycles. The highest BCUT2D eigenvalue weighted by molar-refractivity contribution is 6.32. The van der Waals surface area contributed by atoms with E-state index in [-0.39, 0.29) is 12.5 Å². The molecule has 0 fully saturated rings. The molecule has 25 heavy (non-hydrogen) atoms. The van der Waals surface area contributed by atoms with Gasteiger partial charge in [-0.3, -0.25) is 4.79 Å². The molecule has 0 radical (unpaired) electrons. The second-order valence-corrected chi connectivity index (χ2v) is 5.54. The molecule has 132 valence electrons. The number of hydrogen-bond acceptors (Lipinski definition) is 5. The highest BCUT2D eigenvalue weighted by atomic mass is 35.5. The lowest BCUT2D eigenvalue weighted by Crippen LogP contribution is -2.24. The van der Waals surface area contributed by atoms with Gasteiger partial charge in [-0.15, -0.1) is 0 Å². The van der Waals surface area contributed by atoms with Crippen LogP contribution in [-0.4, -0.2) is 32.9 Å². The molecule has 7 heteroatoms. The Hall–Kier alpha value is -2.73. The van der Waals surface area contributed by atoms with Crippen molar-refractivity contribution in [1.82, 2.24) is 5.43 Å². The molecule has 0 atom stereocenters. The van der Waals surface area contributed by atoms with Crippen LogP contribution < -0.4 is 19.6 Å². The quantitative estimate of drug-likeness (QED) is 0.606. The van der Waals surface area contributed by atoms with Crippen molar-refractivity contribution in [1.29, 1.82) is 0 Å². The normalized spacial score (nSPS) is 10.6. The summed E-state index contributed by atoms with van der Waals surface area (Å²) in [6.45, 7) is 1.82. The van der Waals surface area contributed by atoms with E-state index in [2.05, 4.69) is 10.5 Å². The van der Waals surface area contributed by atoms with E-state index in [9.17, 15) is 4.79 Å². The van der Waals surface area contributed by atoms with Crippen LogP contribution in [-0.2, 0) is 4.79 Å². The maximum absolute atomic E-state index is 11.8. The summed E-state index contributed by atoms with van der Waals surface area (Å²) < 4.78 is 15.8. The van der Waals surface area contributed by atoms with Gasteiger partial charge in [0.2, 0.25) is 0 Å². The first-order valence-electron chi connectivity index (χ1n) is 7.46. The SMILES string of the molecule is COc1cc(/C=N\NC(=O)COc2cccc(C)c2)cc(Cl)c1OC. The van der Waals surface area contributed by atoms with Gasteiger partial charge >= 0.3 is 0 Å². The molecule has 2 aromatic carbocycles. The number of aryl methyl sites for hydroxylation is 1. The first-order chi connectivity index (χ1) is 12.0. The number of halogens is 1. The fraction of sp³-hybridized carbons (Fsp3) is 0.222. The molecule has 0 aliphatic heterocycles. The van der Waals surface area contributed by atoms with E-state index in [1.54, 1.807) is 18.2 Å². The highest BCUT2D eigenvalue weighted by Gasteiger charge is 2.10. The van der Waals surface area contributed by atoms with Crippen LogP contribution in [0.2, 0.25) is 5.02 Å². The molecule has 0 heterocycles. The number of methoxy groups -OCH3 is 2. The number of amides is 1. The smallest absolute Gasteiger partial charge is 0.277 e. The Kier molecular flexibility index (Phi) is 6.65. The first-order valence-corrected chi connectivity index (χ1v) is 7.84. The largest absolute Gasteiger partial charge is 0.493 e. The van der Waals surface area contributed by atoms with E-state index in [1.165, 1.54) is 20.4 Å². The lowest BCUT2D eigenvalue weighted by Gasteiger charge is -2.10. The van der Waals surface area contributed by atoms with Crippen molar-refractivity contribution in [3.8, 4) is 17.2 Å². The molecule has 1 amide bonds. The maximum Gasteiger partial charge on any atom is 0.277 e. The Morgan fingerprint density at radius 1 is 1.24 bits per heavy atom. The summed E-state index contributed by atoms with van der Waals surface area (Å²) in [5.41, 5.74) is 4.10. The van der Waals surface area contributed by atoms with Crippen LogP contribution in [0, 0.1) is 6.92 Å². The molecule has 2 aromatic rings. The Labute approximate surface area is 151 Å². The standard InChI is InChI=1S/C18H19ClN2O4/c1-12-5-4-6-14(7-12)25-11-17(22)21-20-10-13-8-15(19)18(24-3)16(9-13)23-2/h4-10H,11H2,1-3H3,(H,21,22)/b20-10-. The van der Waals surface area contributed by atoms with Gasteiger partial charge in [0, 0.05) is 0 Å². The minimum Gasteiger partial charge on any atom is -0.493 e. The van der Waals surface area contributed by atoms with E-state index in [0.717, 1.165) is 5.56 Å². The van der Waals surface area contributed by atoms with Crippen molar-refractivity contribution < 1.29 is 19.0 Å². The zero-order valence-electron chi connectivity index (χ0n) is 14.2. The Balaban J connectivity index is 1.92. The van der Waals surface area contributed by atoms with Gasteiger partial charge in [0.1, 0.15) is 5.75 Å². The van der Waals surface area contributed by atoms with E-state index < -0.39 is 0 Å². The van der Waals surface area contributed by atoms with E-state index in [4.69, 9.17) is 25.8 Å². The fourth-order valence-electron chi connectivity index (χ4n) is 2.08. The number of nitrogens with zero attached hydrogens (tertiary/aromatic N) is 1. The van der Waals surface area contributed by atoms with E-state index in [1.807, 2.05) is 25.1 Å². The summed E-state index contributed by atoms with van der Waals surface area (Å²) in [4.78, 5) is 11.8. The van der Waals surface area contributed by atoms with Crippen LogP contribution in [0.5, 0.6) is 17.2 Å². The van der Waals surface area contributed by atoms with Crippen molar-refractivity contribution in [2.24, 2.45) is 5.10 Å². The number of hydrogen-bond donors (Lipinski definition) is 1. The van der Waals surface area contributed by atoms with Gasteiger partial charge in [-0.25, -0.2) is 5.43 Å². The van der Waals surface area contributed by atoms with Gasteiger partial charge in [0.25, 0.3) is 5.91 Å². The number of nitrogens with one attached hydrogen (secondary N) is 1. The average Bonchev–Trinajstić information content (AvgIpc) is 2.59. The summed E-state index contributed by atoms with van der Waals surface area (Å²) in [7, 11) is 3.02. The van der Waals surface area contributed by atoms with Crippen molar-refractivity contribution >= 4 is 23.7 Å². The van der Waals surface area contributed by atoms with Gasteiger partial charge in [-0.2, -0.15) is 5.10 Å². The third kappa shape index (κ3) is 5.39. The number of benzene rings is 2. The molecule has 0 aliphatic carbocycles. The molecule has 6 nitrogen and oxygen atoms in total. The van der Waals surface area contributed by atoms with Gasteiger partial charge in [0.15, 0.2) is 18.1 Å². The zero-order chi connectivity index (χ0) is 18.2. The number of carbonyl (C=O) groups is 1. The number of carbonyl (C=O) groups excluding carboxylic acids is 1. The van der Waals surface area contributed by atoms with Crippen molar-refractivity contribution in [2.75, 3.05) is 20.8 Å². The van der Waals surface area contributed by atoms with Crippen LogP contribution in [0.1, 0.15) is 11.1 Å². The molecule has 0 saturated heterocycles. The van der Waals surface area contributed by atoms with Crippen LogP contribution in [0.4, 0.5) is 0 Å². The predicted molar refractivity (Wildman–Crippen MR) is 97.0 cm³/mol. The third-order valence-electron chi connectivity index (χ3n) is 3.22. The Morgan fingerprint density at radius 2 is 2.04 bits per heavy atom. The maximum atomic E-state index is 11.8. The predicted octanol–water partition coefficient (Wildman–Crippen LogP) is 3.19. The second-order valence-electron chi connectivity index (χ2n) is 5.14. The van der Waals surface area contributed by atoms with Gasteiger partial charge in [0.05, 0.1) is 25.5 Å². The van der Waals surface area contributed by atoms with E-state index >= 15 is 0 Å². The molecule has 0 aliphatic rings. The molecule has 0 unspecified atom stereocenters. The minimum atomic E-state index is -0.371. The summed E-state index contributed by atoms with van der Waals surface area (Å²) in [6.07, 6.45) is 1.46. The average molecular weight is 363 g/mol. The van der Waals surface area contributed by atoms with Crippen molar-refractivity contribution in [3.05, 3.63) is 52.5 Å². The summed E-state index contributed by atoms with van der Waals surface area (Å²) in [5, 5.41) is 4.27. The molecule has 1 N–H and O–H groups in total. The summed E-state index contributed by atoms with van der Waals surface area (Å²) in [6, 6.07) is 10.8. The summed E-state index contributed by atoms with van der Waals surface area (Å²) >= 11 is 6.11. The minimum absolute atomic E-state index is 0.131. The third-order valence-corrected chi connectivity index (χ3v) is 3.50. The lowest BCUT2D eigenvalue weighted by atomic mass is 10.2. The first kappa shape index (κ1) is 18.6. The van der Waals surface area contributed by atoms with Crippen LogP contribution >= 0.6 is 11.6 Å². The number of ether oxygens (including phenoxy) is 3. The van der Waals surface area contributed by atoms with Gasteiger partial charge < -0.3 is 14.2 Å². The molecule has 2 rings (SSSR count). The molecular weight excluding hydrogens is 344 g/mol. The molecular formula is C18H19ClN2O4. The Morgan fingerprint density at radius 3 is 2.72 bits per heavy atom. The lowest BCUT2D eigenvalue weighted by molar-refractivity contribution is -0.123. The van der Waals surface area contributed by atoms with Gasteiger partial charge in [-0.05, 0) is 42.3 Å². The fourth-order valence-corrected chi connectivity index (χ4v) is 2.37. The van der Waals surface area contributed by atoms with Gasteiger partial charge in [-0.1, -0.05) is 23.7 Å². The topological polar surface area (TPSA) is 69.2 Å². The second kappa shape index (κ2) is 8.94. The zero-order valence-corrected chi connectivity index (χ0v) is 15.0. The van der Waals surface area contributed by atoms with Crippen LogP contribution in [0.15, 0.2) is 41.5 Å². The summed E-state index contributed by atoms with van der Waals surface area (Å²) in [5.74, 6) is 1.18. The van der Waals surface area contributed by atoms with Crippen LogP contribution in [0.25, 0.3) is 0 Å². The monoisotopic (exact) mass is 362 g/mol.